The van der Waals surface area contributed by atoms with Gasteiger partial charge in [0.1, 0.15) is 0 Å². The van der Waals surface area contributed by atoms with Crippen molar-refractivity contribution in [2.45, 2.75) is 31.1 Å². The van der Waals surface area contributed by atoms with Crippen molar-refractivity contribution in [2.75, 3.05) is 6.54 Å². The molecule has 1 aromatic carbocycles. The Labute approximate surface area is 119 Å². The van der Waals surface area contributed by atoms with E-state index in [4.69, 9.17) is 5.11 Å². The van der Waals surface area contributed by atoms with Crippen molar-refractivity contribution in [1.82, 2.24) is 4.72 Å². The molecule has 0 saturated carbocycles. The summed E-state index contributed by atoms with van der Waals surface area (Å²) in [4.78, 5) is 10.6. The molecule has 6 heteroatoms. The van der Waals surface area contributed by atoms with Crippen molar-refractivity contribution in [2.24, 2.45) is 0 Å². The lowest BCUT2D eigenvalue weighted by atomic mass is 10.2. The number of carboxylic acid groups (broad SMARTS) is 1. The Morgan fingerprint density at radius 1 is 1.25 bits per heavy atom. The van der Waals surface area contributed by atoms with Gasteiger partial charge in [0.25, 0.3) is 0 Å². The number of rotatable bonds is 8. The summed E-state index contributed by atoms with van der Waals surface area (Å²) in [6.45, 7) is 2.48. The molecule has 0 aliphatic carbocycles. The molecule has 0 amide bonds. The quantitative estimate of drug-likeness (QED) is 0.569. The van der Waals surface area contributed by atoms with Crippen molar-refractivity contribution in [3.63, 3.8) is 0 Å². The Morgan fingerprint density at radius 2 is 1.90 bits per heavy atom. The minimum atomic E-state index is -3.48. The fourth-order valence-electron chi connectivity index (χ4n) is 1.59. The van der Waals surface area contributed by atoms with Gasteiger partial charge in [0.15, 0.2) is 0 Å². The smallest absolute Gasteiger partial charge is 0.328 e. The Morgan fingerprint density at radius 3 is 2.45 bits per heavy atom. The fraction of sp³-hybridized carbons (Fsp3) is 0.357. The number of carboxylic acids is 1. The molecule has 0 heterocycles. The highest BCUT2D eigenvalue weighted by Gasteiger charge is 2.12. The maximum absolute atomic E-state index is 11.9. The number of nitrogens with one attached hydrogen (secondary N) is 1. The predicted molar refractivity (Wildman–Crippen MR) is 77.8 cm³/mol. The standard InChI is InChI=1S/C14H19NO4S/c1-2-3-4-11-15-20(18,19)13-8-5-12(6-9-13)7-10-14(16)17/h5-10,15H,2-4,11H2,1H3,(H,16,17)/b10-7+. The summed E-state index contributed by atoms with van der Waals surface area (Å²) in [7, 11) is -3.48. The maximum atomic E-state index is 11.9. The van der Waals surface area contributed by atoms with Crippen molar-refractivity contribution in [1.29, 1.82) is 0 Å². The van der Waals surface area contributed by atoms with Crippen LogP contribution in [0.15, 0.2) is 35.2 Å². The molecular formula is C14H19NO4S. The van der Waals surface area contributed by atoms with Gasteiger partial charge in [0.2, 0.25) is 10.0 Å². The fourth-order valence-corrected chi connectivity index (χ4v) is 2.66. The van der Waals surface area contributed by atoms with Gasteiger partial charge in [-0.15, -0.1) is 0 Å². The minimum Gasteiger partial charge on any atom is -0.478 e. The Hall–Kier alpha value is -1.66. The van der Waals surface area contributed by atoms with Gasteiger partial charge in [-0.3, -0.25) is 0 Å². The molecule has 0 saturated heterocycles. The zero-order valence-corrected chi connectivity index (χ0v) is 12.2. The highest BCUT2D eigenvalue weighted by molar-refractivity contribution is 7.89. The molecule has 1 aromatic rings. The van der Waals surface area contributed by atoms with E-state index in [0.717, 1.165) is 25.3 Å². The summed E-state index contributed by atoms with van der Waals surface area (Å²) in [6, 6.07) is 6.06. The second-order valence-corrected chi connectivity index (χ2v) is 6.11. The first-order chi connectivity index (χ1) is 9.45. The molecule has 0 aliphatic heterocycles. The number of carbonyl (C=O) groups is 1. The topological polar surface area (TPSA) is 83.5 Å². The van der Waals surface area contributed by atoms with Crippen molar-refractivity contribution in [3.05, 3.63) is 35.9 Å². The molecule has 110 valence electrons. The molecule has 0 spiro atoms. The molecule has 1 rings (SSSR count). The molecule has 20 heavy (non-hydrogen) atoms. The molecule has 0 bridgehead atoms. The normalized spacial score (nSPS) is 11.8. The van der Waals surface area contributed by atoms with E-state index in [-0.39, 0.29) is 4.90 Å². The van der Waals surface area contributed by atoms with Gasteiger partial charge in [-0.25, -0.2) is 17.9 Å². The van der Waals surface area contributed by atoms with E-state index >= 15 is 0 Å². The average molecular weight is 297 g/mol. The van der Waals surface area contributed by atoms with Gasteiger partial charge in [-0.05, 0) is 30.2 Å². The van der Waals surface area contributed by atoms with Gasteiger partial charge in [-0.1, -0.05) is 31.9 Å². The third kappa shape index (κ3) is 5.54. The molecule has 0 atom stereocenters. The molecule has 0 aromatic heterocycles. The zero-order valence-electron chi connectivity index (χ0n) is 11.4. The highest BCUT2D eigenvalue weighted by Crippen LogP contribution is 2.11. The summed E-state index contributed by atoms with van der Waals surface area (Å²) in [5.41, 5.74) is 0.636. The lowest BCUT2D eigenvalue weighted by Gasteiger charge is -2.06. The molecule has 2 N–H and O–H groups in total. The summed E-state index contributed by atoms with van der Waals surface area (Å²) in [6.07, 6.45) is 5.25. The van der Waals surface area contributed by atoms with Crippen LogP contribution >= 0.6 is 0 Å². The number of hydrogen-bond donors (Lipinski definition) is 2. The maximum Gasteiger partial charge on any atom is 0.328 e. The van der Waals surface area contributed by atoms with Crippen LogP contribution in [-0.4, -0.2) is 26.0 Å². The number of aliphatic carboxylic acids is 1. The molecule has 0 fully saturated rings. The number of unbranched alkanes of at least 4 members (excludes halogenated alkanes) is 2. The van der Waals surface area contributed by atoms with E-state index in [1.165, 1.54) is 18.2 Å². The number of benzene rings is 1. The van der Waals surface area contributed by atoms with Crippen molar-refractivity contribution < 1.29 is 18.3 Å². The lowest BCUT2D eigenvalue weighted by Crippen LogP contribution is -2.24. The zero-order chi connectivity index (χ0) is 15.0. The van der Waals surface area contributed by atoms with E-state index in [2.05, 4.69) is 11.6 Å². The van der Waals surface area contributed by atoms with Crippen LogP contribution in [0.1, 0.15) is 31.7 Å². The summed E-state index contributed by atoms with van der Waals surface area (Å²) < 4.78 is 26.4. The first-order valence-electron chi connectivity index (χ1n) is 6.46. The minimum absolute atomic E-state index is 0.182. The van der Waals surface area contributed by atoms with Crippen LogP contribution < -0.4 is 4.72 Å². The SMILES string of the molecule is CCCCCNS(=O)(=O)c1ccc(/C=C/C(=O)O)cc1. The van der Waals surface area contributed by atoms with Crippen LogP contribution in [0.5, 0.6) is 0 Å². The van der Waals surface area contributed by atoms with E-state index in [9.17, 15) is 13.2 Å². The Kier molecular flexibility index (Phi) is 6.41. The summed E-state index contributed by atoms with van der Waals surface area (Å²) in [5.74, 6) is -1.04. The van der Waals surface area contributed by atoms with Crippen LogP contribution in [-0.2, 0) is 14.8 Å². The molecule has 0 aliphatic rings. The van der Waals surface area contributed by atoms with E-state index < -0.39 is 16.0 Å². The third-order valence-electron chi connectivity index (χ3n) is 2.68. The molecule has 0 radical (unpaired) electrons. The predicted octanol–water partition coefficient (Wildman–Crippen LogP) is 2.25. The third-order valence-corrected chi connectivity index (χ3v) is 4.16. The van der Waals surface area contributed by atoms with E-state index in [1.807, 2.05) is 0 Å². The summed E-state index contributed by atoms with van der Waals surface area (Å²) >= 11 is 0. The van der Waals surface area contributed by atoms with Gasteiger partial charge >= 0.3 is 5.97 Å². The second kappa shape index (κ2) is 7.81. The molecule has 5 nitrogen and oxygen atoms in total. The Balaban J connectivity index is 2.69. The number of hydrogen-bond acceptors (Lipinski definition) is 3. The van der Waals surface area contributed by atoms with Gasteiger partial charge in [-0.2, -0.15) is 0 Å². The van der Waals surface area contributed by atoms with Crippen molar-refractivity contribution in [3.8, 4) is 0 Å². The van der Waals surface area contributed by atoms with Gasteiger partial charge in [0, 0.05) is 12.6 Å². The second-order valence-electron chi connectivity index (χ2n) is 4.35. The molecule has 0 unspecified atom stereocenters. The first-order valence-corrected chi connectivity index (χ1v) is 7.95. The van der Waals surface area contributed by atoms with E-state index in [1.54, 1.807) is 12.1 Å². The van der Waals surface area contributed by atoms with Crippen LogP contribution in [0.3, 0.4) is 0 Å². The van der Waals surface area contributed by atoms with Crippen LogP contribution in [0.25, 0.3) is 6.08 Å². The largest absolute Gasteiger partial charge is 0.478 e. The highest BCUT2D eigenvalue weighted by atomic mass is 32.2. The van der Waals surface area contributed by atoms with Crippen LogP contribution in [0.4, 0.5) is 0 Å². The van der Waals surface area contributed by atoms with Crippen LogP contribution in [0.2, 0.25) is 0 Å². The van der Waals surface area contributed by atoms with Crippen LogP contribution in [0, 0.1) is 0 Å². The van der Waals surface area contributed by atoms with Gasteiger partial charge < -0.3 is 5.11 Å². The van der Waals surface area contributed by atoms with E-state index in [0.29, 0.717) is 12.1 Å². The number of sulfonamides is 1. The summed E-state index contributed by atoms with van der Waals surface area (Å²) in [5, 5.41) is 8.51. The molecular weight excluding hydrogens is 278 g/mol. The van der Waals surface area contributed by atoms with Gasteiger partial charge in [0.05, 0.1) is 4.90 Å². The first kappa shape index (κ1) is 16.4. The monoisotopic (exact) mass is 297 g/mol. The average Bonchev–Trinajstić information content (AvgIpc) is 2.42. The lowest BCUT2D eigenvalue weighted by molar-refractivity contribution is -0.131. The van der Waals surface area contributed by atoms with Crippen molar-refractivity contribution >= 4 is 22.1 Å². The Bertz CT molecular complexity index is 561.